The molecule has 5 atom stereocenters. The molecule has 34 heavy (non-hydrogen) atoms. The van der Waals surface area contributed by atoms with Gasteiger partial charge in [-0.15, -0.1) is 6.58 Å². The molecule has 4 heterocycles. The predicted molar refractivity (Wildman–Crippen MR) is 135 cm³/mol. The molecule has 3 aliphatic rings. The molecule has 5 unspecified atom stereocenters. The molecule has 6 rings (SSSR count). The number of piperidine rings is 3. The van der Waals surface area contributed by atoms with E-state index in [0.29, 0.717) is 18.4 Å². The molecule has 3 aliphatic heterocycles. The van der Waals surface area contributed by atoms with Gasteiger partial charge in [-0.05, 0) is 54.5 Å². The molecular weight excluding hydrogens is 422 g/mol. The number of rotatable bonds is 7. The number of fused-ring (bicyclic) bond motifs is 4. The minimum atomic E-state index is -1.23. The number of aromatic nitrogens is 1. The summed E-state index contributed by atoms with van der Waals surface area (Å²) in [7, 11) is 0. The van der Waals surface area contributed by atoms with E-state index in [-0.39, 0.29) is 18.5 Å². The second kappa shape index (κ2) is 9.32. The van der Waals surface area contributed by atoms with Crippen LogP contribution < -0.4 is 0 Å². The van der Waals surface area contributed by atoms with Gasteiger partial charge in [0.2, 0.25) is 5.91 Å². The Kier molecular flexibility index (Phi) is 6.24. The lowest BCUT2D eigenvalue weighted by Gasteiger charge is -2.55. The monoisotopic (exact) mass is 455 g/mol. The summed E-state index contributed by atoms with van der Waals surface area (Å²) in [6.45, 7) is 8.22. The fourth-order valence-electron chi connectivity index (χ4n) is 6.05. The fourth-order valence-corrected chi connectivity index (χ4v) is 6.05. The van der Waals surface area contributed by atoms with Crippen molar-refractivity contribution < 1.29 is 9.90 Å². The minimum Gasteiger partial charge on any atom is -0.382 e. The first kappa shape index (κ1) is 22.8. The molecule has 2 aromatic carbocycles. The van der Waals surface area contributed by atoms with Crippen LogP contribution in [0.1, 0.15) is 30.9 Å². The maximum atomic E-state index is 12.8. The van der Waals surface area contributed by atoms with Crippen molar-refractivity contribution >= 4 is 16.8 Å². The van der Waals surface area contributed by atoms with Gasteiger partial charge in [-0.1, -0.05) is 54.6 Å². The number of benzene rings is 2. The Bertz CT molecular complexity index is 1170. The number of hydrogen-bond donors (Lipinski definition) is 1. The molecule has 3 aromatic rings. The number of aliphatic hydroxyl groups is 1. The summed E-state index contributed by atoms with van der Waals surface area (Å²) in [5, 5.41) is 13.6. The van der Waals surface area contributed by atoms with Gasteiger partial charge in [-0.3, -0.25) is 14.7 Å². The van der Waals surface area contributed by atoms with E-state index in [2.05, 4.69) is 22.5 Å². The molecule has 0 radical (unpaired) electrons. The summed E-state index contributed by atoms with van der Waals surface area (Å²) in [5.41, 5.74) is 1.53. The smallest absolute Gasteiger partial charge is 0.219 e. The molecule has 2 bridgehead atoms. The number of nitrogens with zero attached hydrogens (tertiary/aromatic N) is 3. The second-order valence-corrected chi connectivity index (χ2v) is 9.86. The Labute approximate surface area is 201 Å². The van der Waals surface area contributed by atoms with E-state index in [4.69, 9.17) is 0 Å². The molecule has 1 N–H and O–H groups in total. The molecule has 0 aliphatic carbocycles. The van der Waals surface area contributed by atoms with Crippen molar-refractivity contribution in [2.24, 2.45) is 11.8 Å². The summed E-state index contributed by atoms with van der Waals surface area (Å²) in [5.74, 6) is 0.921. The quantitative estimate of drug-likeness (QED) is 0.538. The third-order valence-corrected chi connectivity index (χ3v) is 7.87. The summed E-state index contributed by atoms with van der Waals surface area (Å²) in [6.07, 6.45) is 5.87. The molecule has 0 saturated carbocycles. The van der Waals surface area contributed by atoms with Gasteiger partial charge in [-0.25, -0.2) is 0 Å². The van der Waals surface area contributed by atoms with Crippen LogP contribution >= 0.6 is 0 Å². The summed E-state index contributed by atoms with van der Waals surface area (Å²) in [4.78, 5) is 21.6. The number of pyridine rings is 1. The average Bonchev–Trinajstić information content (AvgIpc) is 2.88. The van der Waals surface area contributed by atoms with Gasteiger partial charge in [0.1, 0.15) is 5.60 Å². The highest BCUT2D eigenvalue weighted by Crippen LogP contribution is 2.45. The standard InChI is InChI=1S/C29H33N3O2/c1-3-23-19-31-16-14-24(23)17-28(31)29(34,26-13-15-30-27-12-8-7-11-25(26)27)20-32(21(2)33)18-22-9-5-4-6-10-22/h3-13,15,23-24,28,34H,1,14,16-20H2,2H3. The first-order chi connectivity index (χ1) is 16.5. The molecule has 5 heteroatoms. The van der Waals surface area contributed by atoms with E-state index in [1.165, 1.54) is 0 Å². The van der Waals surface area contributed by atoms with Crippen LogP contribution in [0, 0.1) is 11.8 Å². The van der Waals surface area contributed by atoms with E-state index in [0.717, 1.165) is 48.0 Å². The first-order valence-electron chi connectivity index (χ1n) is 12.2. The lowest BCUT2D eigenvalue weighted by Crippen LogP contribution is -2.63. The number of hydrogen-bond acceptors (Lipinski definition) is 4. The highest BCUT2D eigenvalue weighted by Gasteiger charge is 2.50. The molecule has 5 nitrogen and oxygen atoms in total. The zero-order valence-corrected chi connectivity index (χ0v) is 19.8. The van der Waals surface area contributed by atoms with Gasteiger partial charge < -0.3 is 10.0 Å². The van der Waals surface area contributed by atoms with Crippen LogP contribution in [0.2, 0.25) is 0 Å². The van der Waals surface area contributed by atoms with Crippen molar-refractivity contribution in [1.29, 1.82) is 0 Å². The van der Waals surface area contributed by atoms with Crippen LogP contribution in [-0.4, -0.2) is 51.5 Å². The molecular formula is C29H33N3O2. The van der Waals surface area contributed by atoms with Crippen LogP contribution in [0.25, 0.3) is 10.9 Å². The topological polar surface area (TPSA) is 56.7 Å². The molecule has 1 aromatic heterocycles. The van der Waals surface area contributed by atoms with Gasteiger partial charge in [0.15, 0.2) is 0 Å². The second-order valence-electron chi connectivity index (χ2n) is 9.86. The van der Waals surface area contributed by atoms with Gasteiger partial charge in [0, 0.05) is 37.6 Å². The van der Waals surface area contributed by atoms with Crippen molar-refractivity contribution in [1.82, 2.24) is 14.8 Å². The zero-order chi connectivity index (χ0) is 23.7. The Morgan fingerprint density at radius 3 is 2.68 bits per heavy atom. The van der Waals surface area contributed by atoms with Crippen molar-refractivity contribution in [3.8, 4) is 0 Å². The maximum Gasteiger partial charge on any atom is 0.219 e. The lowest BCUT2D eigenvalue weighted by atomic mass is 9.69. The summed E-state index contributed by atoms with van der Waals surface area (Å²) in [6, 6.07) is 19.8. The number of para-hydroxylation sites is 1. The number of carbonyl (C=O) groups is 1. The SMILES string of the molecule is C=CC1CN2CCC1CC2C(O)(CN(Cc1ccccc1)C(C)=O)c1ccnc2ccccc12. The van der Waals surface area contributed by atoms with Crippen LogP contribution in [0.4, 0.5) is 0 Å². The van der Waals surface area contributed by atoms with Crippen molar-refractivity contribution in [3.63, 3.8) is 0 Å². The minimum absolute atomic E-state index is 0.0411. The molecule has 3 saturated heterocycles. The van der Waals surface area contributed by atoms with Crippen LogP contribution in [0.15, 0.2) is 79.5 Å². The molecule has 1 amide bonds. The Balaban J connectivity index is 1.58. The Hall–Kier alpha value is -3.02. The van der Waals surface area contributed by atoms with Gasteiger partial charge in [0.25, 0.3) is 0 Å². The van der Waals surface area contributed by atoms with Gasteiger partial charge >= 0.3 is 0 Å². The van der Waals surface area contributed by atoms with Gasteiger partial charge in [-0.2, -0.15) is 0 Å². The van der Waals surface area contributed by atoms with E-state index in [1.54, 1.807) is 18.0 Å². The largest absolute Gasteiger partial charge is 0.382 e. The van der Waals surface area contributed by atoms with Crippen LogP contribution in [0.5, 0.6) is 0 Å². The van der Waals surface area contributed by atoms with E-state index >= 15 is 0 Å². The summed E-state index contributed by atoms with van der Waals surface area (Å²) < 4.78 is 0. The molecule has 3 fully saturated rings. The van der Waals surface area contributed by atoms with Crippen molar-refractivity contribution in [2.75, 3.05) is 19.6 Å². The van der Waals surface area contributed by atoms with Crippen LogP contribution in [0.3, 0.4) is 0 Å². The summed E-state index contributed by atoms with van der Waals surface area (Å²) >= 11 is 0. The highest BCUT2D eigenvalue weighted by atomic mass is 16.3. The van der Waals surface area contributed by atoms with E-state index in [9.17, 15) is 9.90 Å². The third kappa shape index (κ3) is 4.15. The Morgan fingerprint density at radius 1 is 1.21 bits per heavy atom. The predicted octanol–water partition coefficient (Wildman–Crippen LogP) is 4.37. The average molecular weight is 456 g/mol. The van der Waals surface area contributed by atoms with Crippen molar-refractivity contribution in [3.05, 3.63) is 90.6 Å². The van der Waals surface area contributed by atoms with Crippen molar-refractivity contribution in [2.45, 2.75) is 38.0 Å². The number of amides is 1. The lowest BCUT2D eigenvalue weighted by molar-refractivity contribution is -0.145. The third-order valence-electron chi connectivity index (χ3n) is 7.87. The highest BCUT2D eigenvalue weighted by molar-refractivity contribution is 5.83. The zero-order valence-electron chi connectivity index (χ0n) is 19.8. The van der Waals surface area contributed by atoms with Gasteiger partial charge in [0.05, 0.1) is 12.1 Å². The maximum absolute atomic E-state index is 12.8. The molecule has 0 spiro atoms. The van der Waals surface area contributed by atoms with Crippen LogP contribution in [-0.2, 0) is 16.9 Å². The normalized spacial score (nSPS) is 25.6. The van der Waals surface area contributed by atoms with E-state index < -0.39 is 5.60 Å². The molecule has 176 valence electrons. The first-order valence-corrected chi connectivity index (χ1v) is 12.2. The van der Waals surface area contributed by atoms with E-state index in [1.807, 2.05) is 60.7 Å². The fraction of sp³-hybridized carbons (Fsp3) is 0.379. The number of carbonyl (C=O) groups excluding carboxylic acids is 1. The Morgan fingerprint density at radius 2 is 1.97 bits per heavy atom.